The zero-order valence-corrected chi connectivity index (χ0v) is 14.4. The van der Waals surface area contributed by atoms with Crippen LogP contribution < -0.4 is 14.9 Å². The molecule has 0 unspecified atom stereocenters. The van der Waals surface area contributed by atoms with Crippen molar-refractivity contribution in [3.05, 3.63) is 72.4 Å². The maximum atomic E-state index is 12.2. The number of carbonyl (C=O) groups is 1. The number of ether oxygens (including phenoxy) is 2. The maximum absolute atomic E-state index is 12.2. The Balaban J connectivity index is 1.62. The monoisotopic (exact) mass is 349 g/mol. The van der Waals surface area contributed by atoms with Crippen LogP contribution >= 0.6 is 0 Å². The molecule has 6 nitrogen and oxygen atoms in total. The highest BCUT2D eigenvalue weighted by atomic mass is 16.5. The molecular weight excluding hydrogens is 330 g/mol. The predicted molar refractivity (Wildman–Crippen MR) is 102 cm³/mol. The first kappa shape index (κ1) is 17.3. The number of amides is 1. The van der Waals surface area contributed by atoms with Crippen molar-refractivity contribution in [3.8, 4) is 11.5 Å². The van der Waals surface area contributed by atoms with Crippen LogP contribution in [0, 0.1) is 0 Å². The minimum atomic E-state index is -0.317. The highest BCUT2D eigenvalue weighted by Crippen LogP contribution is 2.21. The molecule has 3 aromatic rings. The normalized spacial score (nSPS) is 10.8. The summed E-state index contributed by atoms with van der Waals surface area (Å²) < 4.78 is 10.6. The highest BCUT2D eigenvalue weighted by Gasteiger charge is 2.09. The molecular formula is C20H19N3O3. The van der Waals surface area contributed by atoms with Gasteiger partial charge in [0.2, 0.25) is 0 Å². The number of fused-ring (bicyclic) bond motifs is 1. The van der Waals surface area contributed by atoms with Crippen molar-refractivity contribution in [1.82, 2.24) is 10.4 Å². The van der Waals surface area contributed by atoms with Gasteiger partial charge in [0.1, 0.15) is 23.8 Å². The lowest BCUT2D eigenvalue weighted by Gasteiger charge is -2.02. The third-order valence-electron chi connectivity index (χ3n) is 3.70. The molecule has 6 heteroatoms. The van der Waals surface area contributed by atoms with E-state index in [4.69, 9.17) is 9.47 Å². The summed E-state index contributed by atoms with van der Waals surface area (Å²) in [5, 5.41) is 4.91. The molecule has 1 aromatic heterocycles. The largest absolute Gasteiger partial charge is 0.497 e. The maximum Gasteiger partial charge on any atom is 0.287 e. The number of hydrogen-bond donors (Lipinski definition) is 2. The van der Waals surface area contributed by atoms with Gasteiger partial charge in [-0.1, -0.05) is 12.7 Å². The summed E-state index contributed by atoms with van der Waals surface area (Å²) in [5.41, 5.74) is 4.61. The molecule has 3 rings (SSSR count). The molecule has 0 bridgehead atoms. The molecule has 1 amide bonds. The van der Waals surface area contributed by atoms with E-state index in [9.17, 15) is 4.79 Å². The van der Waals surface area contributed by atoms with E-state index >= 15 is 0 Å². The zero-order chi connectivity index (χ0) is 18.4. The van der Waals surface area contributed by atoms with Crippen molar-refractivity contribution in [3.63, 3.8) is 0 Å². The van der Waals surface area contributed by atoms with E-state index < -0.39 is 0 Å². The second-order valence-electron chi connectivity index (χ2n) is 5.50. The standard InChI is InChI=1S/C20H19N3O3/c1-3-10-26-16-7-4-14(5-8-16)13-21-23-20(24)19-11-15-6-9-17(25-2)12-18(15)22-19/h3-9,11-13,22H,1,10H2,2H3,(H,23,24). The van der Waals surface area contributed by atoms with Crippen LogP contribution in [0.3, 0.4) is 0 Å². The molecule has 26 heavy (non-hydrogen) atoms. The third kappa shape index (κ3) is 4.10. The van der Waals surface area contributed by atoms with Crippen molar-refractivity contribution in [2.45, 2.75) is 0 Å². The van der Waals surface area contributed by atoms with Crippen molar-refractivity contribution < 1.29 is 14.3 Å². The average molecular weight is 349 g/mol. The highest BCUT2D eigenvalue weighted by molar-refractivity contribution is 5.98. The second kappa shape index (κ2) is 8.02. The van der Waals surface area contributed by atoms with Gasteiger partial charge in [0.25, 0.3) is 5.91 Å². The number of rotatable bonds is 7. The average Bonchev–Trinajstić information content (AvgIpc) is 3.10. The predicted octanol–water partition coefficient (Wildman–Crippen LogP) is 3.51. The van der Waals surface area contributed by atoms with Gasteiger partial charge in [-0.25, -0.2) is 5.43 Å². The smallest absolute Gasteiger partial charge is 0.287 e. The van der Waals surface area contributed by atoms with Gasteiger partial charge in [-0.05, 0) is 48.0 Å². The Bertz CT molecular complexity index is 943. The minimum absolute atomic E-state index is 0.317. The summed E-state index contributed by atoms with van der Waals surface area (Å²) in [6.07, 6.45) is 3.26. The summed E-state index contributed by atoms with van der Waals surface area (Å²) in [4.78, 5) is 15.3. The van der Waals surface area contributed by atoms with Crippen LogP contribution in [0.5, 0.6) is 11.5 Å². The van der Waals surface area contributed by atoms with Crippen LogP contribution in [0.15, 0.2) is 66.3 Å². The first-order valence-electron chi connectivity index (χ1n) is 8.03. The van der Waals surface area contributed by atoms with Gasteiger partial charge in [0, 0.05) is 17.0 Å². The fourth-order valence-electron chi connectivity index (χ4n) is 2.39. The molecule has 0 spiro atoms. The fraction of sp³-hybridized carbons (Fsp3) is 0.100. The number of carbonyl (C=O) groups excluding carboxylic acids is 1. The number of aromatic nitrogens is 1. The summed E-state index contributed by atoms with van der Waals surface area (Å²) in [6.45, 7) is 4.06. The third-order valence-corrected chi connectivity index (χ3v) is 3.70. The van der Waals surface area contributed by atoms with Crippen molar-refractivity contribution in [2.75, 3.05) is 13.7 Å². The quantitative estimate of drug-likeness (QED) is 0.389. The van der Waals surface area contributed by atoms with Crippen molar-refractivity contribution >= 4 is 23.0 Å². The van der Waals surface area contributed by atoms with Gasteiger partial charge in [0.15, 0.2) is 0 Å². The number of benzene rings is 2. The molecule has 0 fully saturated rings. The summed E-state index contributed by atoms with van der Waals surface area (Å²) in [5.74, 6) is 1.16. The van der Waals surface area contributed by atoms with Crippen LogP contribution in [-0.2, 0) is 0 Å². The molecule has 0 atom stereocenters. The Labute approximate surface area is 151 Å². The molecule has 0 saturated heterocycles. The molecule has 0 aliphatic rings. The SMILES string of the molecule is C=CCOc1ccc(C=NNC(=O)c2cc3ccc(OC)cc3[nH]2)cc1. The van der Waals surface area contributed by atoms with Gasteiger partial charge < -0.3 is 14.5 Å². The van der Waals surface area contributed by atoms with Crippen LogP contribution in [0.1, 0.15) is 16.1 Å². The van der Waals surface area contributed by atoms with Gasteiger partial charge in [-0.15, -0.1) is 0 Å². The van der Waals surface area contributed by atoms with Crippen LogP contribution in [-0.4, -0.2) is 30.8 Å². The lowest BCUT2D eigenvalue weighted by molar-refractivity contribution is 0.0951. The van der Waals surface area contributed by atoms with Crippen LogP contribution in [0.25, 0.3) is 10.9 Å². The number of nitrogens with zero attached hydrogens (tertiary/aromatic N) is 1. The van der Waals surface area contributed by atoms with Gasteiger partial charge in [-0.3, -0.25) is 4.79 Å². The Hall–Kier alpha value is -3.54. The van der Waals surface area contributed by atoms with Crippen molar-refractivity contribution in [2.24, 2.45) is 5.10 Å². The number of aromatic amines is 1. The zero-order valence-electron chi connectivity index (χ0n) is 14.4. The number of methoxy groups -OCH3 is 1. The first-order valence-corrected chi connectivity index (χ1v) is 8.03. The Morgan fingerprint density at radius 3 is 2.69 bits per heavy atom. The van der Waals surface area contributed by atoms with E-state index in [1.807, 2.05) is 42.5 Å². The topological polar surface area (TPSA) is 75.7 Å². The first-order chi connectivity index (χ1) is 12.7. The van der Waals surface area contributed by atoms with Crippen LogP contribution in [0.2, 0.25) is 0 Å². The molecule has 0 aliphatic carbocycles. The molecule has 1 heterocycles. The lowest BCUT2D eigenvalue weighted by Crippen LogP contribution is -2.17. The fourth-order valence-corrected chi connectivity index (χ4v) is 2.39. The number of hydrazone groups is 1. The molecule has 132 valence electrons. The van der Waals surface area contributed by atoms with Gasteiger partial charge in [-0.2, -0.15) is 5.10 Å². The minimum Gasteiger partial charge on any atom is -0.497 e. The van der Waals surface area contributed by atoms with Gasteiger partial charge in [0.05, 0.1) is 13.3 Å². The molecule has 0 saturated carbocycles. The van der Waals surface area contributed by atoms with E-state index in [1.165, 1.54) is 0 Å². The van der Waals surface area contributed by atoms with E-state index in [0.29, 0.717) is 12.3 Å². The van der Waals surface area contributed by atoms with E-state index in [-0.39, 0.29) is 5.91 Å². The Morgan fingerprint density at radius 1 is 1.19 bits per heavy atom. The molecule has 2 N–H and O–H groups in total. The second-order valence-corrected chi connectivity index (χ2v) is 5.50. The van der Waals surface area contributed by atoms with E-state index in [1.54, 1.807) is 25.5 Å². The molecule has 0 radical (unpaired) electrons. The summed E-state index contributed by atoms with van der Waals surface area (Å²) >= 11 is 0. The van der Waals surface area contributed by atoms with Gasteiger partial charge >= 0.3 is 0 Å². The van der Waals surface area contributed by atoms with Crippen LogP contribution in [0.4, 0.5) is 0 Å². The Morgan fingerprint density at radius 2 is 1.96 bits per heavy atom. The van der Waals surface area contributed by atoms with E-state index in [0.717, 1.165) is 28.0 Å². The Kier molecular flexibility index (Phi) is 5.34. The summed E-state index contributed by atoms with van der Waals surface area (Å²) in [6, 6.07) is 14.7. The molecule has 0 aliphatic heterocycles. The summed E-state index contributed by atoms with van der Waals surface area (Å²) in [7, 11) is 1.60. The number of nitrogens with one attached hydrogen (secondary N) is 2. The van der Waals surface area contributed by atoms with Crippen molar-refractivity contribution in [1.29, 1.82) is 0 Å². The molecule has 2 aromatic carbocycles. The lowest BCUT2D eigenvalue weighted by atomic mass is 10.2. The number of H-pyrrole nitrogens is 1. The number of hydrogen-bond acceptors (Lipinski definition) is 4. The van der Waals surface area contributed by atoms with E-state index in [2.05, 4.69) is 22.1 Å².